The third kappa shape index (κ3) is 3.89. The van der Waals surface area contributed by atoms with E-state index in [4.69, 9.17) is 0 Å². The summed E-state index contributed by atoms with van der Waals surface area (Å²) in [5, 5.41) is 3.45. The molecule has 0 aliphatic rings. The van der Waals surface area contributed by atoms with Crippen LogP contribution < -0.4 is 5.32 Å². The molecule has 1 aromatic carbocycles. The second-order valence-corrected chi connectivity index (χ2v) is 5.51. The number of amides is 1. The van der Waals surface area contributed by atoms with Gasteiger partial charge in [-0.1, -0.05) is 13.8 Å². The van der Waals surface area contributed by atoms with Crippen molar-refractivity contribution in [3.63, 3.8) is 0 Å². The van der Waals surface area contributed by atoms with Gasteiger partial charge in [0.15, 0.2) is 0 Å². The number of nitrogens with one attached hydrogen (secondary N) is 1. The summed E-state index contributed by atoms with van der Waals surface area (Å²) in [5.41, 5.74) is 2.02. The molecule has 1 N–H and O–H groups in total. The van der Waals surface area contributed by atoms with Crippen molar-refractivity contribution in [2.45, 2.75) is 44.3 Å². The number of hydrogen-bond donors (Lipinski definition) is 1. The Morgan fingerprint density at radius 3 is 2.69 bits per heavy atom. The lowest BCUT2D eigenvalue weighted by Gasteiger charge is -2.11. The van der Waals surface area contributed by atoms with Crippen LogP contribution >= 0.6 is 11.8 Å². The van der Waals surface area contributed by atoms with Crippen LogP contribution in [0.1, 0.15) is 32.8 Å². The van der Waals surface area contributed by atoms with Crippen molar-refractivity contribution in [3.05, 3.63) is 23.8 Å². The fourth-order valence-electron chi connectivity index (χ4n) is 1.36. The molecule has 0 fully saturated rings. The van der Waals surface area contributed by atoms with E-state index in [0.717, 1.165) is 17.7 Å². The van der Waals surface area contributed by atoms with Gasteiger partial charge in [0.05, 0.1) is 0 Å². The summed E-state index contributed by atoms with van der Waals surface area (Å²) in [6.07, 6.45) is 1.16. The summed E-state index contributed by atoms with van der Waals surface area (Å²) < 4.78 is 0. The Morgan fingerprint density at radius 1 is 1.50 bits per heavy atom. The monoisotopic (exact) mass is 237 g/mol. The van der Waals surface area contributed by atoms with Crippen LogP contribution in [0.3, 0.4) is 0 Å². The van der Waals surface area contributed by atoms with Crippen molar-refractivity contribution >= 4 is 23.4 Å². The molecule has 0 heterocycles. The molecule has 0 saturated carbocycles. The molecule has 0 bridgehead atoms. The first-order valence-corrected chi connectivity index (χ1v) is 6.45. The summed E-state index contributed by atoms with van der Waals surface area (Å²) in [4.78, 5) is 12.2. The van der Waals surface area contributed by atoms with Gasteiger partial charge >= 0.3 is 0 Å². The van der Waals surface area contributed by atoms with Crippen molar-refractivity contribution in [2.24, 2.45) is 0 Å². The third-order valence-corrected chi connectivity index (χ3v) is 3.68. The lowest BCUT2D eigenvalue weighted by molar-refractivity contribution is -0.114. The lowest BCUT2D eigenvalue weighted by atomic mass is 10.2. The van der Waals surface area contributed by atoms with Crippen molar-refractivity contribution in [3.8, 4) is 0 Å². The van der Waals surface area contributed by atoms with E-state index in [1.165, 1.54) is 11.8 Å². The first kappa shape index (κ1) is 13.1. The van der Waals surface area contributed by atoms with Crippen molar-refractivity contribution in [2.75, 3.05) is 5.32 Å². The van der Waals surface area contributed by atoms with Crippen LogP contribution in [0.15, 0.2) is 23.1 Å². The van der Waals surface area contributed by atoms with E-state index in [1.807, 2.05) is 24.8 Å². The molecule has 16 heavy (non-hydrogen) atoms. The van der Waals surface area contributed by atoms with Gasteiger partial charge in [-0.15, -0.1) is 11.8 Å². The number of anilines is 1. The van der Waals surface area contributed by atoms with E-state index >= 15 is 0 Å². The number of thioether (sulfide) groups is 1. The first-order chi connectivity index (χ1) is 7.52. The maximum Gasteiger partial charge on any atom is 0.221 e. The predicted octanol–water partition coefficient (Wildman–Crippen LogP) is 3.84. The molecule has 0 spiro atoms. The van der Waals surface area contributed by atoms with Crippen molar-refractivity contribution < 1.29 is 4.79 Å². The molecule has 0 aliphatic carbocycles. The average Bonchev–Trinajstić information content (AvgIpc) is 2.21. The smallest absolute Gasteiger partial charge is 0.221 e. The Hall–Kier alpha value is -0.960. The molecule has 0 unspecified atom stereocenters. The van der Waals surface area contributed by atoms with Crippen LogP contribution in [-0.4, -0.2) is 11.2 Å². The second-order valence-electron chi connectivity index (χ2n) is 3.99. The lowest BCUT2D eigenvalue weighted by Crippen LogP contribution is -2.07. The maximum absolute atomic E-state index is 11.0. The highest BCUT2D eigenvalue weighted by Gasteiger charge is 2.05. The summed E-state index contributed by atoms with van der Waals surface area (Å²) >= 11 is 1.87. The summed E-state index contributed by atoms with van der Waals surface area (Å²) in [6, 6.07) is 6.17. The molecule has 88 valence electrons. The maximum atomic E-state index is 11.0. The SMILES string of the molecule is CC[C@@H](C)Sc1ccc(NC(C)=O)c(C)c1. The average molecular weight is 237 g/mol. The van der Waals surface area contributed by atoms with Gasteiger partial charge in [0.25, 0.3) is 0 Å². The zero-order valence-corrected chi connectivity index (χ0v) is 11.1. The van der Waals surface area contributed by atoms with E-state index < -0.39 is 0 Å². The number of rotatable bonds is 4. The van der Waals surface area contributed by atoms with Crippen molar-refractivity contribution in [1.29, 1.82) is 0 Å². The fraction of sp³-hybridized carbons (Fsp3) is 0.462. The van der Waals surface area contributed by atoms with E-state index in [9.17, 15) is 4.79 Å². The first-order valence-electron chi connectivity index (χ1n) is 5.57. The largest absolute Gasteiger partial charge is 0.326 e. The van der Waals surface area contributed by atoms with Gasteiger partial charge in [0, 0.05) is 22.8 Å². The molecule has 0 aromatic heterocycles. The van der Waals surface area contributed by atoms with Crippen LogP contribution in [0.2, 0.25) is 0 Å². The Bertz CT molecular complexity index is 376. The molecule has 0 radical (unpaired) electrons. The Kier molecular flexibility index (Phi) is 4.87. The molecule has 0 saturated heterocycles. The van der Waals surface area contributed by atoms with Crippen LogP contribution in [0.4, 0.5) is 5.69 Å². The van der Waals surface area contributed by atoms with Gasteiger partial charge in [0.2, 0.25) is 5.91 Å². The minimum atomic E-state index is -0.0228. The fourth-order valence-corrected chi connectivity index (χ4v) is 2.38. The molecular weight excluding hydrogens is 218 g/mol. The van der Waals surface area contributed by atoms with E-state index in [2.05, 4.69) is 31.3 Å². The number of aryl methyl sites for hydroxylation is 1. The van der Waals surface area contributed by atoms with Crippen LogP contribution in [0.5, 0.6) is 0 Å². The third-order valence-electron chi connectivity index (χ3n) is 2.42. The Labute approximate surface area is 102 Å². The second kappa shape index (κ2) is 5.94. The van der Waals surface area contributed by atoms with E-state index in [-0.39, 0.29) is 5.91 Å². The van der Waals surface area contributed by atoms with Crippen LogP contribution in [0, 0.1) is 6.92 Å². The zero-order chi connectivity index (χ0) is 12.1. The molecule has 1 amide bonds. The Morgan fingerprint density at radius 2 is 2.19 bits per heavy atom. The quantitative estimate of drug-likeness (QED) is 0.806. The summed E-state index contributed by atoms with van der Waals surface area (Å²) in [7, 11) is 0. The molecule has 3 heteroatoms. The standard InChI is InChI=1S/C13H19NOS/c1-5-10(3)16-12-6-7-13(9(2)8-12)14-11(4)15/h6-8,10H,5H2,1-4H3,(H,14,15)/t10-/m1/s1. The van der Waals surface area contributed by atoms with Gasteiger partial charge in [-0.3, -0.25) is 4.79 Å². The highest BCUT2D eigenvalue weighted by Crippen LogP contribution is 2.28. The minimum Gasteiger partial charge on any atom is -0.326 e. The van der Waals surface area contributed by atoms with Crippen molar-refractivity contribution in [1.82, 2.24) is 0 Å². The Balaban J connectivity index is 2.78. The van der Waals surface area contributed by atoms with Gasteiger partial charge in [-0.2, -0.15) is 0 Å². The molecule has 1 aromatic rings. The number of benzene rings is 1. The molecule has 2 nitrogen and oxygen atoms in total. The highest BCUT2D eigenvalue weighted by atomic mass is 32.2. The van der Waals surface area contributed by atoms with Gasteiger partial charge in [-0.25, -0.2) is 0 Å². The zero-order valence-electron chi connectivity index (χ0n) is 10.3. The minimum absolute atomic E-state index is 0.0228. The molecule has 0 aliphatic heterocycles. The summed E-state index contributed by atoms with van der Waals surface area (Å²) in [5.74, 6) is -0.0228. The van der Waals surface area contributed by atoms with Gasteiger partial charge in [-0.05, 0) is 37.1 Å². The van der Waals surface area contributed by atoms with Gasteiger partial charge in [0.1, 0.15) is 0 Å². The topological polar surface area (TPSA) is 29.1 Å². The van der Waals surface area contributed by atoms with Crippen LogP contribution in [0.25, 0.3) is 0 Å². The number of carbonyl (C=O) groups is 1. The highest BCUT2D eigenvalue weighted by molar-refractivity contribution is 7.99. The van der Waals surface area contributed by atoms with Gasteiger partial charge < -0.3 is 5.32 Å². The normalized spacial score (nSPS) is 12.2. The van der Waals surface area contributed by atoms with Crippen LogP contribution in [-0.2, 0) is 4.79 Å². The molecule has 1 rings (SSSR count). The van der Waals surface area contributed by atoms with E-state index in [0.29, 0.717) is 5.25 Å². The number of carbonyl (C=O) groups excluding carboxylic acids is 1. The number of hydrogen-bond acceptors (Lipinski definition) is 2. The molecule has 1 atom stereocenters. The summed E-state index contributed by atoms with van der Waals surface area (Å²) in [6.45, 7) is 7.96. The van der Waals surface area contributed by atoms with E-state index in [1.54, 1.807) is 0 Å². The predicted molar refractivity (Wildman–Crippen MR) is 71.1 cm³/mol. The molecular formula is C13H19NOS.